The van der Waals surface area contributed by atoms with Crippen LogP contribution in [0.5, 0.6) is 0 Å². The summed E-state index contributed by atoms with van der Waals surface area (Å²) in [5.74, 6) is -2.14. The molecule has 2 aliphatic rings. The summed E-state index contributed by atoms with van der Waals surface area (Å²) in [5.41, 5.74) is 0.380. The van der Waals surface area contributed by atoms with Crippen LogP contribution in [0, 0.1) is 0 Å². The maximum atomic E-state index is 12.2. The molecule has 0 aliphatic carbocycles. The first-order valence-electron chi connectivity index (χ1n) is 6.89. The second kappa shape index (κ2) is 7.71. The fraction of sp³-hybridized carbons (Fsp3) is 0.267. The van der Waals surface area contributed by atoms with Crippen LogP contribution < -0.4 is 40.0 Å². The molecule has 0 saturated carbocycles. The smallest absolute Gasteiger partial charge is 0.543 e. The quantitative estimate of drug-likeness (QED) is 0.417. The minimum atomic E-state index is -1.50. The molecule has 9 heteroatoms. The Morgan fingerprint density at radius 1 is 1.33 bits per heavy atom. The number of hydrogen-bond acceptors (Lipinski definition) is 6. The van der Waals surface area contributed by atoms with Crippen molar-refractivity contribution < 1.29 is 54.2 Å². The predicted molar refractivity (Wildman–Crippen MR) is 79.9 cm³/mol. The topological polar surface area (TPSA) is 110 Å². The molecule has 120 valence electrons. The molecule has 1 fully saturated rings. The van der Waals surface area contributed by atoms with Gasteiger partial charge in [-0.25, -0.2) is 0 Å². The van der Waals surface area contributed by atoms with Gasteiger partial charge in [0.1, 0.15) is 11.4 Å². The number of nitrogens with zero attached hydrogens (tertiary/aromatic N) is 1. The molecular formula is C15H13N2NaO5S. The fourth-order valence-electron chi connectivity index (χ4n) is 2.61. The first kappa shape index (κ1) is 19.0. The number of thioether (sulfide) groups is 1. The number of carboxylic acid groups (broad SMARTS) is 1. The molecule has 2 heterocycles. The molecule has 2 atom stereocenters. The van der Waals surface area contributed by atoms with Gasteiger partial charge in [-0.2, -0.15) is 0 Å². The van der Waals surface area contributed by atoms with E-state index >= 15 is 0 Å². The van der Waals surface area contributed by atoms with Crippen molar-refractivity contribution in [2.24, 2.45) is 0 Å². The first-order chi connectivity index (χ1) is 11.0. The number of carboxylic acids is 1. The van der Waals surface area contributed by atoms with Gasteiger partial charge in [0, 0.05) is 11.3 Å². The third-order valence-electron chi connectivity index (χ3n) is 3.75. The summed E-state index contributed by atoms with van der Waals surface area (Å²) in [5, 5.41) is 22.6. The van der Waals surface area contributed by atoms with Crippen LogP contribution in [0.2, 0.25) is 0 Å². The Kier molecular flexibility index (Phi) is 6.11. The molecule has 1 unspecified atom stereocenters. The molecule has 0 spiro atoms. The van der Waals surface area contributed by atoms with Crippen molar-refractivity contribution in [3.05, 3.63) is 47.2 Å². The van der Waals surface area contributed by atoms with E-state index < -0.39 is 35.8 Å². The molecular weight excluding hydrogens is 343 g/mol. The second-order valence-corrected chi connectivity index (χ2v) is 6.23. The van der Waals surface area contributed by atoms with E-state index in [1.54, 1.807) is 30.3 Å². The van der Waals surface area contributed by atoms with Crippen molar-refractivity contribution in [2.75, 3.05) is 12.4 Å². The van der Waals surface area contributed by atoms with Crippen molar-refractivity contribution in [3.8, 4) is 0 Å². The maximum Gasteiger partial charge on any atom is 1.00 e. The van der Waals surface area contributed by atoms with Crippen LogP contribution >= 0.6 is 11.8 Å². The number of carbonyl (C=O) groups is 3. The van der Waals surface area contributed by atoms with E-state index in [1.165, 1.54) is 11.8 Å². The summed E-state index contributed by atoms with van der Waals surface area (Å²) in [6, 6.07) is 7.66. The predicted octanol–water partition coefficient (Wildman–Crippen LogP) is -4.30. The molecule has 7 nitrogen and oxygen atoms in total. The number of fused-ring (bicyclic) bond motifs is 1. The van der Waals surface area contributed by atoms with Crippen LogP contribution in [-0.2, 0) is 9.59 Å². The molecule has 1 aromatic carbocycles. The van der Waals surface area contributed by atoms with Crippen LogP contribution in [-0.4, -0.2) is 51.6 Å². The summed E-state index contributed by atoms with van der Waals surface area (Å²) in [6.07, 6.45) is 0. The number of hydrogen-bond donors (Lipinski definition) is 2. The zero-order valence-corrected chi connectivity index (χ0v) is 15.7. The van der Waals surface area contributed by atoms with Crippen molar-refractivity contribution in [1.82, 2.24) is 10.2 Å². The van der Waals surface area contributed by atoms with Crippen LogP contribution in [0.3, 0.4) is 0 Å². The number of β-lactam (4-membered cyclic amide) rings is 1. The second-order valence-electron chi connectivity index (χ2n) is 5.12. The molecule has 3 rings (SSSR count). The van der Waals surface area contributed by atoms with E-state index in [1.807, 2.05) is 0 Å². The van der Waals surface area contributed by atoms with Gasteiger partial charge in [-0.1, -0.05) is 18.2 Å². The summed E-state index contributed by atoms with van der Waals surface area (Å²) in [6.45, 7) is -0.451. The van der Waals surface area contributed by atoms with Gasteiger partial charge >= 0.3 is 29.6 Å². The van der Waals surface area contributed by atoms with Crippen LogP contribution in [0.15, 0.2) is 41.6 Å². The molecule has 0 aromatic heterocycles. The molecule has 1 aromatic rings. The number of carbonyl (C=O) groups excluding carboxylic acids is 3. The van der Waals surface area contributed by atoms with E-state index in [0.29, 0.717) is 5.56 Å². The SMILES string of the molecule is O=C([O-])C1=C(CO)CS[C@@H]2C(NC(=O)c3ccccc3)C(=O)N12.[Na+]. The minimum absolute atomic E-state index is 0. The van der Waals surface area contributed by atoms with Gasteiger partial charge in [0.15, 0.2) is 0 Å². The summed E-state index contributed by atoms with van der Waals surface area (Å²) in [4.78, 5) is 36.7. The van der Waals surface area contributed by atoms with Crippen molar-refractivity contribution in [3.63, 3.8) is 0 Å². The minimum Gasteiger partial charge on any atom is -0.543 e. The van der Waals surface area contributed by atoms with Crippen LogP contribution in [0.1, 0.15) is 10.4 Å². The Hall–Kier alpha value is -1.32. The number of nitrogens with one attached hydrogen (secondary N) is 1. The van der Waals surface area contributed by atoms with Crippen molar-refractivity contribution >= 4 is 29.5 Å². The van der Waals surface area contributed by atoms with E-state index in [9.17, 15) is 24.6 Å². The van der Waals surface area contributed by atoms with Crippen LogP contribution in [0.25, 0.3) is 0 Å². The van der Waals surface area contributed by atoms with Gasteiger partial charge in [-0.3, -0.25) is 14.5 Å². The van der Waals surface area contributed by atoms with Gasteiger partial charge < -0.3 is 20.3 Å². The summed E-state index contributed by atoms with van der Waals surface area (Å²) < 4.78 is 0. The monoisotopic (exact) mass is 356 g/mol. The standard InChI is InChI=1S/C15H14N2O5S.Na/c18-6-9-7-23-14-10(13(20)17(14)11(9)15(21)22)16-12(19)8-4-2-1-3-5-8;/h1-5,10,14,18H,6-7H2,(H,16,19)(H,21,22);/q;+1/p-1/t10?,14-;/m1./s1. The molecule has 2 aliphatic heterocycles. The van der Waals surface area contributed by atoms with Gasteiger partial charge in [0.2, 0.25) is 0 Å². The number of amides is 2. The normalized spacial score (nSPS) is 22.2. The zero-order valence-electron chi connectivity index (χ0n) is 12.9. The Morgan fingerprint density at radius 3 is 2.58 bits per heavy atom. The zero-order chi connectivity index (χ0) is 16.6. The molecule has 0 radical (unpaired) electrons. The molecule has 24 heavy (non-hydrogen) atoms. The van der Waals surface area contributed by atoms with E-state index in [4.69, 9.17) is 0 Å². The molecule has 1 saturated heterocycles. The third kappa shape index (κ3) is 3.25. The number of aliphatic hydroxyl groups excluding tert-OH is 1. The maximum absolute atomic E-state index is 12.2. The van der Waals surface area contributed by atoms with Crippen molar-refractivity contribution in [1.29, 1.82) is 0 Å². The molecule has 0 bridgehead atoms. The average molecular weight is 356 g/mol. The largest absolute Gasteiger partial charge is 1.00 e. The fourth-order valence-corrected chi connectivity index (χ4v) is 3.94. The van der Waals surface area contributed by atoms with Gasteiger partial charge in [0.25, 0.3) is 11.8 Å². The number of rotatable bonds is 4. The van der Waals surface area contributed by atoms with Gasteiger partial charge in [-0.15, -0.1) is 11.8 Å². The first-order valence-corrected chi connectivity index (χ1v) is 7.94. The van der Waals surface area contributed by atoms with E-state index in [2.05, 4.69) is 5.32 Å². The Bertz CT molecular complexity index is 709. The Morgan fingerprint density at radius 2 is 2.00 bits per heavy atom. The average Bonchev–Trinajstić information content (AvgIpc) is 2.58. The Labute approximate surface area is 164 Å². The Balaban J connectivity index is 0.00000208. The molecule has 2 N–H and O–H groups in total. The van der Waals surface area contributed by atoms with E-state index in [0.717, 1.165) is 4.90 Å². The van der Waals surface area contributed by atoms with E-state index in [-0.39, 0.29) is 46.6 Å². The number of benzene rings is 1. The molecule has 2 amide bonds. The van der Waals surface area contributed by atoms with Gasteiger partial charge in [-0.05, 0) is 17.7 Å². The summed E-state index contributed by atoms with van der Waals surface area (Å²) in [7, 11) is 0. The number of aliphatic hydroxyl groups is 1. The summed E-state index contributed by atoms with van der Waals surface area (Å²) >= 11 is 1.30. The third-order valence-corrected chi connectivity index (χ3v) is 5.09. The van der Waals surface area contributed by atoms with Gasteiger partial charge in [0.05, 0.1) is 18.3 Å². The number of aliphatic carboxylic acids is 1. The van der Waals surface area contributed by atoms with Crippen LogP contribution in [0.4, 0.5) is 0 Å². The van der Waals surface area contributed by atoms with Crippen molar-refractivity contribution in [2.45, 2.75) is 11.4 Å².